The smallest absolute Gasteiger partial charge is 0.0776 e. The van der Waals surface area contributed by atoms with E-state index in [2.05, 4.69) is 158 Å². The molecule has 0 fully saturated rings. The van der Waals surface area contributed by atoms with Gasteiger partial charge in [-0.05, 0) is 110 Å². The topological polar surface area (TPSA) is 0 Å². The number of allylic oxidation sites excluding steroid dienone is 4. The van der Waals surface area contributed by atoms with Gasteiger partial charge in [0.2, 0.25) is 0 Å². The first kappa shape index (κ1) is 34.2. The highest BCUT2D eigenvalue weighted by Crippen LogP contribution is 2.37. The molecule has 0 amide bonds. The fourth-order valence-electron chi connectivity index (χ4n) is 7.07. The van der Waals surface area contributed by atoms with Crippen molar-refractivity contribution < 1.29 is 0 Å². The quantitative estimate of drug-likeness (QED) is 0.159. The van der Waals surface area contributed by atoms with E-state index in [-0.39, 0.29) is 0 Å². The molecular weight excluding hydrogens is 545 g/mol. The minimum Gasteiger partial charge on any atom is -0.0776 e. The van der Waals surface area contributed by atoms with Gasteiger partial charge in [0.05, 0.1) is 0 Å². The van der Waals surface area contributed by atoms with E-state index in [0.29, 0.717) is 35.5 Å². The van der Waals surface area contributed by atoms with Crippen molar-refractivity contribution in [3.8, 4) is 0 Å². The van der Waals surface area contributed by atoms with Gasteiger partial charge in [-0.3, -0.25) is 0 Å². The van der Waals surface area contributed by atoms with E-state index >= 15 is 0 Å². The Labute approximate surface area is 272 Å². The predicted molar refractivity (Wildman–Crippen MR) is 200 cm³/mol. The molecule has 1 aliphatic rings. The second-order valence-electron chi connectivity index (χ2n) is 15.6. The summed E-state index contributed by atoms with van der Waals surface area (Å²) < 4.78 is 0. The minimum atomic E-state index is -2.77. The minimum absolute atomic E-state index is 0.468. The van der Waals surface area contributed by atoms with E-state index in [0.717, 1.165) is 6.42 Å². The molecule has 0 saturated heterocycles. The van der Waals surface area contributed by atoms with Gasteiger partial charge in [-0.25, -0.2) is 0 Å². The van der Waals surface area contributed by atoms with Gasteiger partial charge >= 0.3 is 0 Å². The molecule has 0 nitrogen and oxygen atoms in total. The van der Waals surface area contributed by atoms with Gasteiger partial charge in [0.25, 0.3) is 0 Å². The first-order chi connectivity index (χ1) is 20.6. The average molecular weight is 605 g/mol. The van der Waals surface area contributed by atoms with Crippen molar-refractivity contribution in [1.82, 2.24) is 0 Å². The normalized spacial score (nSPS) is 14.4. The third-order valence-electron chi connectivity index (χ3n) is 10.1. The van der Waals surface area contributed by atoms with Crippen LogP contribution in [0, 0.1) is 0 Å². The Hall–Kier alpha value is -2.64. The molecule has 4 rings (SSSR count). The van der Waals surface area contributed by atoms with Crippen LogP contribution in [0.5, 0.6) is 0 Å². The van der Waals surface area contributed by atoms with Crippen molar-refractivity contribution in [2.24, 2.45) is 0 Å². The number of benzene rings is 3. The maximum atomic E-state index is 2.63. The second kappa shape index (κ2) is 13.4. The summed E-state index contributed by atoms with van der Waals surface area (Å²) in [5, 5.41) is 6.31. The largest absolute Gasteiger partial charge is 0.179 e. The fraction of sp³-hybridized carbons (Fsp3) is 0.488. The Morgan fingerprint density at radius 2 is 0.659 bits per heavy atom. The highest BCUT2D eigenvalue weighted by Gasteiger charge is 2.47. The standard InChI is InChI=1S/C43H60Si/c1-26(2)34-17-35(27(3)4)21-40(20-34)44(43-32(13)15-16-33(43)14,41-22-36(28(5)6)18-37(23-41)29(7)8)42-24-38(30(9)10)19-39(25-42)31(11)12/h15,17-31H,16H2,1-14H3. The van der Waals surface area contributed by atoms with E-state index in [9.17, 15) is 0 Å². The van der Waals surface area contributed by atoms with E-state index in [1.807, 2.05) is 0 Å². The third kappa shape index (κ3) is 6.50. The highest BCUT2D eigenvalue weighted by atomic mass is 28.3. The molecule has 1 heteroatoms. The number of rotatable bonds is 10. The lowest BCUT2D eigenvalue weighted by atomic mass is 9.95. The molecule has 0 aliphatic heterocycles. The van der Waals surface area contributed by atoms with Gasteiger partial charge in [0, 0.05) is 0 Å². The summed E-state index contributed by atoms with van der Waals surface area (Å²) in [7, 11) is -2.77. The van der Waals surface area contributed by atoms with Crippen LogP contribution in [0.4, 0.5) is 0 Å². The SMILES string of the molecule is CC1=CCC(C)=C1[Si](c1cc(C(C)C)cc(C(C)C)c1)(c1cc(C(C)C)cc(C(C)C)c1)c1cc(C(C)C)cc(C(C)C)c1. The van der Waals surface area contributed by atoms with Gasteiger partial charge in [-0.15, -0.1) is 0 Å². The van der Waals surface area contributed by atoms with Crippen molar-refractivity contribution in [3.63, 3.8) is 0 Å². The molecule has 0 radical (unpaired) electrons. The zero-order valence-corrected chi connectivity index (χ0v) is 31.4. The summed E-state index contributed by atoms with van der Waals surface area (Å²) in [6.07, 6.45) is 3.56. The van der Waals surface area contributed by atoms with Gasteiger partial charge in [-0.2, -0.15) is 0 Å². The van der Waals surface area contributed by atoms with Crippen LogP contribution in [-0.2, 0) is 0 Å². The monoisotopic (exact) mass is 604 g/mol. The molecule has 3 aromatic carbocycles. The molecule has 44 heavy (non-hydrogen) atoms. The Morgan fingerprint density at radius 3 is 0.841 bits per heavy atom. The van der Waals surface area contributed by atoms with Crippen LogP contribution < -0.4 is 15.6 Å². The van der Waals surface area contributed by atoms with Crippen LogP contribution in [0.3, 0.4) is 0 Å². The molecule has 0 bridgehead atoms. The maximum Gasteiger partial charge on any atom is 0.179 e. The van der Waals surface area contributed by atoms with Crippen LogP contribution in [0.1, 0.15) is 172 Å². The molecule has 0 heterocycles. The van der Waals surface area contributed by atoms with Crippen LogP contribution in [-0.4, -0.2) is 8.07 Å². The van der Waals surface area contributed by atoms with E-state index < -0.39 is 8.07 Å². The Kier molecular flexibility index (Phi) is 10.4. The first-order valence-electron chi connectivity index (χ1n) is 17.4. The Balaban J connectivity index is 2.37. The highest BCUT2D eigenvalue weighted by molar-refractivity contribution is 7.16. The lowest BCUT2D eigenvalue weighted by Crippen LogP contribution is -2.69. The van der Waals surface area contributed by atoms with Crippen molar-refractivity contribution >= 4 is 23.6 Å². The summed E-state index contributed by atoms with van der Waals surface area (Å²) >= 11 is 0. The summed E-state index contributed by atoms with van der Waals surface area (Å²) in [6, 6.07) is 23.2. The van der Waals surface area contributed by atoms with Crippen molar-refractivity contribution in [1.29, 1.82) is 0 Å². The summed E-state index contributed by atoms with van der Waals surface area (Å²) in [5.41, 5.74) is 11.8. The van der Waals surface area contributed by atoms with Crippen molar-refractivity contribution in [3.05, 3.63) is 110 Å². The third-order valence-corrected chi connectivity index (χ3v) is 15.2. The molecule has 3 aromatic rings. The van der Waals surface area contributed by atoms with Gasteiger partial charge in [0.15, 0.2) is 8.07 Å². The maximum absolute atomic E-state index is 2.77. The zero-order chi connectivity index (χ0) is 32.7. The van der Waals surface area contributed by atoms with Crippen LogP contribution >= 0.6 is 0 Å². The van der Waals surface area contributed by atoms with Crippen LogP contribution in [0.25, 0.3) is 0 Å². The zero-order valence-electron chi connectivity index (χ0n) is 30.4. The number of hydrogen-bond acceptors (Lipinski definition) is 0. The fourth-order valence-corrected chi connectivity index (χ4v) is 12.7. The van der Waals surface area contributed by atoms with E-state index in [1.54, 1.807) is 26.3 Å². The molecule has 0 N–H and O–H groups in total. The summed E-state index contributed by atoms with van der Waals surface area (Å²) in [6.45, 7) is 33.2. The summed E-state index contributed by atoms with van der Waals surface area (Å²) in [5.74, 6) is 2.81. The Bertz CT molecular complexity index is 1320. The lowest BCUT2D eigenvalue weighted by molar-refractivity contribution is 0.834. The first-order valence-corrected chi connectivity index (χ1v) is 19.4. The van der Waals surface area contributed by atoms with Crippen LogP contribution in [0.15, 0.2) is 77.0 Å². The van der Waals surface area contributed by atoms with E-state index in [4.69, 9.17) is 0 Å². The Morgan fingerprint density at radius 1 is 0.409 bits per heavy atom. The second-order valence-corrected chi connectivity index (χ2v) is 19.3. The molecule has 0 aromatic heterocycles. The lowest BCUT2D eigenvalue weighted by Gasteiger charge is -2.39. The molecule has 0 spiro atoms. The molecule has 1 aliphatic carbocycles. The predicted octanol–water partition coefficient (Wildman–Crippen LogP) is 11.1. The molecular formula is C43H60Si. The van der Waals surface area contributed by atoms with Gasteiger partial charge in [0.1, 0.15) is 0 Å². The van der Waals surface area contributed by atoms with Crippen molar-refractivity contribution in [2.45, 2.75) is 139 Å². The van der Waals surface area contributed by atoms with Crippen LogP contribution in [0.2, 0.25) is 0 Å². The molecule has 0 atom stereocenters. The number of hydrogen-bond donors (Lipinski definition) is 0. The van der Waals surface area contributed by atoms with Crippen molar-refractivity contribution in [2.75, 3.05) is 0 Å². The van der Waals surface area contributed by atoms with E-state index in [1.165, 1.54) is 39.0 Å². The molecule has 0 unspecified atom stereocenters. The van der Waals surface area contributed by atoms with Gasteiger partial charge < -0.3 is 0 Å². The molecule has 236 valence electrons. The summed E-state index contributed by atoms with van der Waals surface area (Å²) in [4.78, 5) is 0. The molecule has 0 saturated carbocycles. The van der Waals surface area contributed by atoms with Gasteiger partial charge in [-0.1, -0.05) is 155 Å². The average Bonchev–Trinajstić information content (AvgIpc) is 3.30.